The summed E-state index contributed by atoms with van der Waals surface area (Å²) in [6.45, 7) is -0.465. The van der Waals surface area contributed by atoms with Crippen LogP contribution in [0.4, 0.5) is 0 Å². The van der Waals surface area contributed by atoms with Crippen molar-refractivity contribution in [2.75, 3.05) is 6.61 Å². The summed E-state index contributed by atoms with van der Waals surface area (Å²) in [6.07, 6.45) is -2.09. The average molecular weight is 292 g/mol. The van der Waals surface area contributed by atoms with Gasteiger partial charge in [-0.1, -0.05) is 0 Å². The summed E-state index contributed by atoms with van der Waals surface area (Å²) in [7, 11) is 0. The molecule has 4 atom stereocenters. The van der Waals surface area contributed by atoms with E-state index in [2.05, 4.69) is 9.97 Å². The minimum Gasteiger partial charge on any atom is -0.394 e. The molecule has 0 amide bonds. The number of fused-ring (bicyclic) bond motifs is 1. The molecule has 21 heavy (non-hydrogen) atoms. The van der Waals surface area contributed by atoms with Gasteiger partial charge in [0.1, 0.15) is 29.8 Å². The van der Waals surface area contributed by atoms with Gasteiger partial charge < -0.3 is 29.6 Å². The number of H-pyrrole nitrogens is 1. The second-order valence-electron chi connectivity index (χ2n) is 4.72. The third kappa shape index (κ3) is 1.93. The molecule has 3 rings (SSSR count). The second kappa shape index (κ2) is 4.94. The number of hydrogen-bond donors (Lipinski definition) is 4. The first kappa shape index (κ1) is 13.7. The molecule has 9 nitrogen and oxygen atoms in total. The molecular formula is C12H12N4O5. The van der Waals surface area contributed by atoms with Crippen molar-refractivity contribution in [2.24, 2.45) is 0 Å². The highest BCUT2D eigenvalue weighted by Gasteiger charge is 2.44. The van der Waals surface area contributed by atoms with E-state index in [1.54, 1.807) is 0 Å². The van der Waals surface area contributed by atoms with Crippen LogP contribution >= 0.6 is 0 Å². The molecule has 1 aliphatic heterocycles. The number of ether oxygens (including phenoxy) is 1. The van der Waals surface area contributed by atoms with Crippen LogP contribution in [0.3, 0.4) is 0 Å². The molecule has 0 saturated carbocycles. The Balaban J connectivity index is 2.17. The first-order chi connectivity index (χ1) is 10.1. The molecule has 2 aromatic heterocycles. The summed E-state index contributed by atoms with van der Waals surface area (Å²) < 4.78 is 6.69. The maximum atomic E-state index is 11.8. The van der Waals surface area contributed by atoms with E-state index in [1.807, 2.05) is 6.07 Å². The van der Waals surface area contributed by atoms with Gasteiger partial charge in [-0.2, -0.15) is 5.26 Å². The van der Waals surface area contributed by atoms with Gasteiger partial charge in [-0.15, -0.1) is 0 Å². The van der Waals surface area contributed by atoms with Crippen molar-refractivity contribution >= 4 is 11.0 Å². The first-order valence-corrected chi connectivity index (χ1v) is 6.19. The van der Waals surface area contributed by atoms with Gasteiger partial charge in [0.15, 0.2) is 11.9 Å². The number of nitrogens with one attached hydrogen (secondary N) is 1. The number of rotatable bonds is 2. The molecule has 0 bridgehead atoms. The number of aromatic amines is 1. The van der Waals surface area contributed by atoms with E-state index in [9.17, 15) is 15.0 Å². The van der Waals surface area contributed by atoms with Crippen LogP contribution in [0.25, 0.3) is 11.0 Å². The molecule has 0 spiro atoms. The predicted octanol–water partition coefficient (Wildman–Crippen LogP) is -1.79. The smallest absolute Gasteiger partial charge is 0.261 e. The number of aliphatic hydroxyl groups is 3. The zero-order valence-corrected chi connectivity index (χ0v) is 10.7. The SMILES string of the molecule is N#Cc1cn([C@H]2O[C@@H](CO)[C@H](O)[C@@H]2O)c2nc[nH]c(=O)c12. The number of aromatic nitrogens is 3. The van der Waals surface area contributed by atoms with E-state index in [1.165, 1.54) is 17.1 Å². The van der Waals surface area contributed by atoms with Gasteiger partial charge in [-0.3, -0.25) is 4.79 Å². The monoisotopic (exact) mass is 292 g/mol. The van der Waals surface area contributed by atoms with E-state index in [0.717, 1.165) is 0 Å². The van der Waals surface area contributed by atoms with Crippen LogP contribution in [-0.4, -0.2) is 54.8 Å². The highest BCUT2D eigenvalue weighted by molar-refractivity contribution is 5.82. The molecule has 0 aliphatic carbocycles. The highest BCUT2D eigenvalue weighted by Crippen LogP contribution is 2.32. The van der Waals surface area contributed by atoms with E-state index in [0.29, 0.717) is 0 Å². The molecule has 1 aliphatic rings. The van der Waals surface area contributed by atoms with Crippen molar-refractivity contribution in [1.82, 2.24) is 14.5 Å². The normalized spacial score (nSPS) is 28.9. The van der Waals surface area contributed by atoms with Crippen LogP contribution in [0.1, 0.15) is 11.8 Å². The van der Waals surface area contributed by atoms with E-state index in [4.69, 9.17) is 15.1 Å². The van der Waals surface area contributed by atoms with Crippen LogP contribution in [0.5, 0.6) is 0 Å². The fourth-order valence-electron chi connectivity index (χ4n) is 2.48. The first-order valence-electron chi connectivity index (χ1n) is 6.19. The topological polar surface area (TPSA) is 144 Å². The molecule has 9 heteroatoms. The fraction of sp³-hybridized carbons (Fsp3) is 0.417. The van der Waals surface area contributed by atoms with E-state index < -0.39 is 36.7 Å². The Morgan fingerprint density at radius 3 is 2.86 bits per heavy atom. The predicted molar refractivity (Wildman–Crippen MR) is 68.1 cm³/mol. The Morgan fingerprint density at radius 2 is 2.24 bits per heavy atom. The van der Waals surface area contributed by atoms with Crippen LogP contribution in [-0.2, 0) is 4.74 Å². The molecule has 3 heterocycles. The molecule has 0 unspecified atom stereocenters. The minimum atomic E-state index is -1.31. The van der Waals surface area contributed by atoms with Gasteiger partial charge in [-0.05, 0) is 0 Å². The van der Waals surface area contributed by atoms with Crippen LogP contribution in [0, 0.1) is 11.3 Å². The Labute approximate surface area is 117 Å². The number of nitrogens with zero attached hydrogens (tertiary/aromatic N) is 3. The third-order valence-corrected chi connectivity index (χ3v) is 3.53. The minimum absolute atomic E-state index is 0.0806. The Kier molecular flexibility index (Phi) is 3.23. The van der Waals surface area contributed by atoms with Crippen molar-refractivity contribution in [3.8, 4) is 6.07 Å². The lowest BCUT2D eigenvalue weighted by molar-refractivity contribution is -0.0508. The Hall–Kier alpha value is -2.25. The fourth-order valence-corrected chi connectivity index (χ4v) is 2.48. The van der Waals surface area contributed by atoms with Crippen LogP contribution in [0.2, 0.25) is 0 Å². The summed E-state index contributed by atoms with van der Waals surface area (Å²) >= 11 is 0. The maximum absolute atomic E-state index is 11.8. The molecule has 4 N–H and O–H groups in total. The average Bonchev–Trinajstić information content (AvgIpc) is 2.99. The number of nitriles is 1. The van der Waals surface area contributed by atoms with Crippen molar-refractivity contribution in [3.63, 3.8) is 0 Å². The van der Waals surface area contributed by atoms with Gasteiger partial charge in [0.05, 0.1) is 18.5 Å². The quantitative estimate of drug-likeness (QED) is 0.511. The lowest BCUT2D eigenvalue weighted by Crippen LogP contribution is -2.33. The third-order valence-electron chi connectivity index (χ3n) is 3.53. The standard InChI is InChI=1S/C12H12N4O5/c13-1-5-2-16(10-7(5)11(20)15-4-14-10)12-9(19)8(18)6(3-17)21-12/h2,4,6,8-9,12,17-19H,3H2,(H,14,15,20)/t6-,8-,9-,12-/m0/s1. The summed E-state index contributed by atoms with van der Waals surface area (Å²) in [6, 6.07) is 1.88. The molecule has 0 radical (unpaired) electrons. The maximum Gasteiger partial charge on any atom is 0.261 e. The Bertz CT molecular complexity index is 776. The van der Waals surface area contributed by atoms with Gasteiger partial charge in [-0.25, -0.2) is 4.98 Å². The highest BCUT2D eigenvalue weighted by atomic mass is 16.6. The van der Waals surface area contributed by atoms with Gasteiger partial charge in [0, 0.05) is 6.20 Å². The zero-order chi connectivity index (χ0) is 15.1. The van der Waals surface area contributed by atoms with Gasteiger partial charge >= 0.3 is 0 Å². The van der Waals surface area contributed by atoms with Gasteiger partial charge in [0.25, 0.3) is 5.56 Å². The second-order valence-corrected chi connectivity index (χ2v) is 4.72. The summed E-state index contributed by atoms with van der Waals surface area (Å²) in [4.78, 5) is 18.2. The summed E-state index contributed by atoms with van der Waals surface area (Å²) in [5, 5.41) is 38.1. The molecular weight excluding hydrogens is 280 g/mol. The van der Waals surface area contributed by atoms with E-state index >= 15 is 0 Å². The summed E-state index contributed by atoms with van der Waals surface area (Å²) in [5.74, 6) is 0. The Morgan fingerprint density at radius 1 is 1.48 bits per heavy atom. The molecule has 1 saturated heterocycles. The van der Waals surface area contributed by atoms with Crippen molar-refractivity contribution in [2.45, 2.75) is 24.5 Å². The van der Waals surface area contributed by atoms with Crippen LogP contribution < -0.4 is 5.56 Å². The van der Waals surface area contributed by atoms with Crippen LogP contribution in [0.15, 0.2) is 17.3 Å². The molecule has 0 aromatic carbocycles. The van der Waals surface area contributed by atoms with Gasteiger partial charge in [0.2, 0.25) is 0 Å². The lowest BCUT2D eigenvalue weighted by atomic mass is 10.1. The van der Waals surface area contributed by atoms with Crippen molar-refractivity contribution in [1.29, 1.82) is 5.26 Å². The number of aliphatic hydroxyl groups excluding tert-OH is 3. The van der Waals surface area contributed by atoms with E-state index in [-0.39, 0.29) is 16.6 Å². The number of hydrogen-bond acceptors (Lipinski definition) is 7. The molecule has 1 fully saturated rings. The molecule has 110 valence electrons. The largest absolute Gasteiger partial charge is 0.394 e. The van der Waals surface area contributed by atoms with Crippen molar-refractivity contribution < 1.29 is 20.1 Å². The molecule has 2 aromatic rings. The van der Waals surface area contributed by atoms with Crippen molar-refractivity contribution in [3.05, 3.63) is 28.4 Å². The lowest BCUT2D eigenvalue weighted by Gasteiger charge is -2.16. The summed E-state index contributed by atoms with van der Waals surface area (Å²) in [5.41, 5.74) is -0.246. The zero-order valence-electron chi connectivity index (χ0n) is 10.7.